The maximum absolute atomic E-state index is 13.1. The van der Waals surface area contributed by atoms with Crippen molar-refractivity contribution in [2.75, 3.05) is 6.61 Å². The van der Waals surface area contributed by atoms with Gasteiger partial charge in [-0.05, 0) is 53.0 Å². The van der Waals surface area contributed by atoms with E-state index in [2.05, 4.69) is 5.43 Å². The lowest BCUT2D eigenvalue weighted by Crippen LogP contribution is -2.49. The number of amides is 3. The van der Waals surface area contributed by atoms with Crippen molar-refractivity contribution in [2.24, 2.45) is 5.73 Å². The average molecular weight is 482 g/mol. The Morgan fingerprint density at radius 3 is 2.55 bits per heavy atom. The Balaban J connectivity index is 2.03. The van der Waals surface area contributed by atoms with Crippen LogP contribution in [0.2, 0.25) is 0 Å². The number of aryl methyl sites for hydroxylation is 1. The number of hydrogen-bond donors (Lipinski definition) is 2. The van der Waals surface area contributed by atoms with E-state index in [9.17, 15) is 19.2 Å². The predicted molar refractivity (Wildman–Crippen MR) is 124 cm³/mol. The SMILES string of the molecule is CCn1c(=O)c2c(C)c(CN(NC(=O)OC(C)(C)C)C(N)=O)sc2n(CC2CCCO2)c1=O. The normalized spacial score (nSPS) is 16.2. The first kappa shape index (κ1) is 24.8. The van der Waals surface area contributed by atoms with Crippen molar-refractivity contribution in [3.05, 3.63) is 31.3 Å². The van der Waals surface area contributed by atoms with Crippen molar-refractivity contribution in [1.29, 1.82) is 0 Å². The van der Waals surface area contributed by atoms with Gasteiger partial charge in [-0.3, -0.25) is 13.9 Å². The summed E-state index contributed by atoms with van der Waals surface area (Å²) < 4.78 is 13.7. The lowest BCUT2D eigenvalue weighted by molar-refractivity contribution is 0.0376. The monoisotopic (exact) mass is 481 g/mol. The summed E-state index contributed by atoms with van der Waals surface area (Å²) in [6.45, 7) is 9.72. The van der Waals surface area contributed by atoms with Gasteiger partial charge in [0.05, 0.1) is 24.6 Å². The van der Waals surface area contributed by atoms with Gasteiger partial charge in [0, 0.05) is 18.0 Å². The number of thiophene rings is 1. The molecule has 0 bridgehead atoms. The number of carbonyl (C=O) groups is 2. The van der Waals surface area contributed by atoms with Crippen LogP contribution in [0, 0.1) is 6.92 Å². The quantitative estimate of drug-likeness (QED) is 0.627. The molecule has 1 unspecified atom stereocenters. The summed E-state index contributed by atoms with van der Waals surface area (Å²) in [5.41, 5.74) is 6.90. The summed E-state index contributed by atoms with van der Waals surface area (Å²) in [6.07, 6.45) is 0.833. The molecule has 3 amide bonds. The molecule has 0 radical (unpaired) electrons. The second-order valence-corrected chi connectivity index (χ2v) is 10.0. The van der Waals surface area contributed by atoms with Gasteiger partial charge in [-0.15, -0.1) is 11.3 Å². The Morgan fingerprint density at radius 2 is 2.00 bits per heavy atom. The van der Waals surface area contributed by atoms with Crippen LogP contribution >= 0.6 is 11.3 Å². The van der Waals surface area contributed by atoms with Crippen molar-refractivity contribution in [3.8, 4) is 0 Å². The summed E-state index contributed by atoms with van der Waals surface area (Å²) >= 11 is 1.22. The van der Waals surface area contributed by atoms with E-state index in [1.54, 1.807) is 39.2 Å². The molecule has 0 aromatic carbocycles. The molecule has 3 N–H and O–H groups in total. The number of carbonyl (C=O) groups excluding carboxylic acids is 2. The lowest BCUT2D eigenvalue weighted by Gasteiger charge is -2.24. The zero-order chi connectivity index (χ0) is 24.5. The Labute approximate surface area is 195 Å². The molecule has 0 saturated carbocycles. The Morgan fingerprint density at radius 1 is 1.30 bits per heavy atom. The van der Waals surface area contributed by atoms with Gasteiger partial charge in [0.25, 0.3) is 5.56 Å². The number of primary amides is 1. The number of ether oxygens (including phenoxy) is 2. The fraction of sp³-hybridized carbons (Fsp3) is 0.619. The molecule has 3 rings (SSSR count). The van der Waals surface area contributed by atoms with Gasteiger partial charge in [0.2, 0.25) is 0 Å². The molecule has 11 nitrogen and oxygen atoms in total. The maximum Gasteiger partial charge on any atom is 0.426 e. The molecule has 0 spiro atoms. The van der Waals surface area contributed by atoms with Crippen molar-refractivity contribution < 1.29 is 19.1 Å². The molecule has 1 aliphatic rings. The van der Waals surface area contributed by atoms with E-state index in [1.165, 1.54) is 15.9 Å². The molecular weight excluding hydrogens is 450 g/mol. The highest BCUT2D eigenvalue weighted by Gasteiger charge is 2.26. The summed E-state index contributed by atoms with van der Waals surface area (Å²) in [7, 11) is 0. The smallest absolute Gasteiger partial charge is 0.426 e. The number of nitrogens with two attached hydrogens (primary N) is 1. The minimum absolute atomic E-state index is 0.0839. The average Bonchev–Trinajstić information content (AvgIpc) is 3.32. The van der Waals surface area contributed by atoms with Crippen LogP contribution in [-0.4, -0.2) is 44.6 Å². The van der Waals surface area contributed by atoms with E-state index >= 15 is 0 Å². The molecule has 1 fully saturated rings. The van der Waals surface area contributed by atoms with E-state index in [-0.39, 0.29) is 24.8 Å². The van der Waals surface area contributed by atoms with E-state index in [0.717, 1.165) is 17.9 Å². The first-order valence-corrected chi connectivity index (χ1v) is 11.7. The highest BCUT2D eigenvalue weighted by molar-refractivity contribution is 7.18. The number of urea groups is 1. The first-order chi connectivity index (χ1) is 15.4. The second kappa shape index (κ2) is 9.56. The summed E-state index contributed by atoms with van der Waals surface area (Å²) in [6, 6.07) is -0.888. The lowest BCUT2D eigenvalue weighted by atomic mass is 10.2. The van der Waals surface area contributed by atoms with Crippen molar-refractivity contribution in [2.45, 2.75) is 78.8 Å². The third-order valence-electron chi connectivity index (χ3n) is 5.31. The number of rotatable bonds is 5. The Hall–Kier alpha value is -2.86. The van der Waals surface area contributed by atoms with Crippen LogP contribution < -0.4 is 22.4 Å². The number of nitrogens with one attached hydrogen (secondary N) is 1. The molecule has 182 valence electrons. The molecule has 2 aromatic rings. The van der Waals surface area contributed by atoms with Crippen LogP contribution in [0.1, 0.15) is 51.0 Å². The maximum atomic E-state index is 13.1. The molecule has 2 aromatic heterocycles. The van der Waals surface area contributed by atoms with Gasteiger partial charge in [0.15, 0.2) is 0 Å². The third kappa shape index (κ3) is 5.38. The van der Waals surface area contributed by atoms with Gasteiger partial charge in [-0.25, -0.2) is 24.8 Å². The zero-order valence-electron chi connectivity index (χ0n) is 19.6. The fourth-order valence-electron chi connectivity index (χ4n) is 3.75. The summed E-state index contributed by atoms with van der Waals surface area (Å²) in [5.74, 6) is 0. The van der Waals surface area contributed by atoms with Gasteiger partial charge in [-0.2, -0.15) is 0 Å². The standard InChI is InChI=1S/C21H31N5O6S/c1-6-24-16(27)15-12(2)14(11-26(18(22)28)23-19(29)32-21(3,4)5)33-17(15)25(20(24)30)10-13-8-7-9-31-13/h13H,6-11H2,1-5H3,(H2,22,28)(H,23,29). The Bertz CT molecular complexity index is 1170. The molecule has 1 saturated heterocycles. The molecule has 0 aliphatic carbocycles. The number of hydrogen-bond acceptors (Lipinski definition) is 7. The number of aromatic nitrogens is 2. The van der Waals surface area contributed by atoms with Crippen molar-refractivity contribution in [1.82, 2.24) is 19.6 Å². The van der Waals surface area contributed by atoms with Crippen LogP contribution in [0.15, 0.2) is 9.59 Å². The van der Waals surface area contributed by atoms with Crippen LogP contribution in [0.25, 0.3) is 10.2 Å². The van der Waals surface area contributed by atoms with Crippen LogP contribution in [0.5, 0.6) is 0 Å². The molecule has 1 atom stereocenters. The second-order valence-electron chi connectivity index (χ2n) is 8.95. The minimum atomic E-state index is -0.888. The predicted octanol–water partition coefficient (Wildman–Crippen LogP) is 2.05. The summed E-state index contributed by atoms with van der Waals surface area (Å²) in [4.78, 5) is 51.4. The first-order valence-electron chi connectivity index (χ1n) is 10.9. The molecular formula is C21H31N5O6S. The van der Waals surface area contributed by atoms with Crippen LogP contribution in [0.4, 0.5) is 9.59 Å². The number of hydrazine groups is 1. The van der Waals surface area contributed by atoms with Crippen LogP contribution in [0.3, 0.4) is 0 Å². The molecule has 12 heteroatoms. The minimum Gasteiger partial charge on any atom is -0.443 e. The zero-order valence-corrected chi connectivity index (χ0v) is 20.4. The van der Waals surface area contributed by atoms with Crippen molar-refractivity contribution in [3.63, 3.8) is 0 Å². The molecule has 33 heavy (non-hydrogen) atoms. The van der Waals surface area contributed by atoms with E-state index < -0.39 is 23.4 Å². The molecule has 1 aliphatic heterocycles. The van der Waals surface area contributed by atoms with E-state index in [0.29, 0.717) is 33.8 Å². The van der Waals surface area contributed by atoms with Gasteiger partial charge >= 0.3 is 17.8 Å². The van der Waals surface area contributed by atoms with Gasteiger partial charge in [-0.1, -0.05) is 0 Å². The largest absolute Gasteiger partial charge is 0.443 e. The highest BCUT2D eigenvalue weighted by Crippen LogP contribution is 2.29. The topological polar surface area (TPSA) is 138 Å². The summed E-state index contributed by atoms with van der Waals surface area (Å²) in [5, 5.41) is 1.34. The highest BCUT2D eigenvalue weighted by atomic mass is 32.1. The number of fused-ring (bicyclic) bond motifs is 1. The van der Waals surface area contributed by atoms with Crippen molar-refractivity contribution >= 4 is 33.7 Å². The third-order valence-corrected chi connectivity index (χ3v) is 6.61. The van der Waals surface area contributed by atoms with Crippen LogP contribution in [-0.2, 0) is 29.1 Å². The van der Waals surface area contributed by atoms with Gasteiger partial charge in [0.1, 0.15) is 10.4 Å². The molecule has 3 heterocycles. The van der Waals surface area contributed by atoms with E-state index in [4.69, 9.17) is 15.2 Å². The van der Waals surface area contributed by atoms with Gasteiger partial charge < -0.3 is 15.2 Å². The Kier molecular flexibility index (Phi) is 7.17. The number of nitrogens with zero attached hydrogens (tertiary/aromatic N) is 3. The fourth-order valence-corrected chi connectivity index (χ4v) is 5.04. The van der Waals surface area contributed by atoms with E-state index in [1.807, 2.05) is 0 Å².